The van der Waals surface area contributed by atoms with Crippen LogP contribution in [0.15, 0.2) is 54.6 Å². The molecule has 0 aromatic heterocycles. The number of carbonyl (C=O) groups is 1. The Bertz CT molecular complexity index is 780. The topological polar surface area (TPSA) is 26.8 Å². The number of halogens is 1. The van der Waals surface area contributed by atoms with Crippen molar-refractivity contribution in [3.05, 3.63) is 66.0 Å². The summed E-state index contributed by atoms with van der Waals surface area (Å²) in [5.74, 6) is 0.460. The van der Waals surface area contributed by atoms with Crippen LogP contribution in [0.5, 0.6) is 0 Å². The van der Waals surface area contributed by atoms with E-state index >= 15 is 0 Å². The molecule has 4 nitrogen and oxygen atoms in total. The lowest BCUT2D eigenvalue weighted by atomic mass is 10.1. The number of anilines is 1. The van der Waals surface area contributed by atoms with E-state index in [1.165, 1.54) is 12.1 Å². The van der Waals surface area contributed by atoms with Gasteiger partial charge in [-0.15, -0.1) is 0 Å². The highest BCUT2D eigenvalue weighted by Crippen LogP contribution is 2.25. The molecule has 2 aromatic carbocycles. The fourth-order valence-corrected chi connectivity index (χ4v) is 4.34. The van der Waals surface area contributed by atoms with Crippen LogP contribution in [0.1, 0.15) is 18.4 Å². The molecule has 2 saturated heterocycles. The Morgan fingerprint density at radius 2 is 1.61 bits per heavy atom. The van der Waals surface area contributed by atoms with Gasteiger partial charge in [0.2, 0.25) is 5.91 Å². The quantitative estimate of drug-likeness (QED) is 0.794. The van der Waals surface area contributed by atoms with Crippen LogP contribution in [-0.4, -0.2) is 55.0 Å². The van der Waals surface area contributed by atoms with Crippen molar-refractivity contribution >= 4 is 11.6 Å². The maximum absolute atomic E-state index is 13.1. The average Bonchev–Trinajstić information content (AvgIpc) is 2.93. The summed E-state index contributed by atoms with van der Waals surface area (Å²) in [6, 6.07) is 16.8. The van der Waals surface area contributed by atoms with Gasteiger partial charge in [-0.05, 0) is 55.3 Å². The zero-order valence-corrected chi connectivity index (χ0v) is 16.3. The fraction of sp³-hybridized carbons (Fsp3) is 0.435. The second-order valence-electron chi connectivity index (χ2n) is 7.97. The fourth-order valence-electron chi connectivity index (χ4n) is 4.34. The predicted octanol–water partition coefficient (Wildman–Crippen LogP) is 3.39. The molecule has 2 fully saturated rings. The Kier molecular flexibility index (Phi) is 6.03. The van der Waals surface area contributed by atoms with Crippen LogP contribution < -0.4 is 4.90 Å². The molecule has 2 heterocycles. The Hall–Kier alpha value is -2.24. The molecule has 1 amide bonds. The summed E-state index contributed by atoms with van der Waals surface area (Å²) in [6.07, 6.45) is 1.77. The van der Waals surface area contributed by atoms with E-state index in [1.54, 1.807) is 0 Å². The third-order valence-electron chi connectivity index (χ3n) is 5.79. The molecule has 0 bridgehead atoms. The highest BCUT2D eigenvalue weighted by atomic mass is 19.1. The third kappa shape index (κ3) is 4.78. The maximum atomic E-state index is 13.1. The predicted molar refractivity (Wildman–Crippen MR) is 110 cm³/mol. The van der Waals surface area contributed by atoms with E-state index in [9.17, 15) is 9.18 Å². The molecule has 0 N–H and O–H groups in total. The van der Waals surface area contributed by atoms with Crippen molar-refractivity contribution in [2.45, 2.75) is 19.4 Å². The van der Waals surface area contributed by atoms with Crippen LogP contribution >= 0.6 is 0 Å². The first kappa shape index (κ1) is 19.1. The summed E-state index contributed by atoms with van der Waals surface area (Å²) < 4.78 is 13.1. The average molecular weight is 381 g/mol. The molecular formula is C23H28FN3O. The first-order valence-corrected chi connectivity index (χ1v) is 10.2. The number of para-hydroxylation sites is 1. The summed E-state index contributed by atoms with van der Waals surface area (Å²) >= 11 is 0. The zero-order chi connectivity index (χ0) is 19.3. The largest absolute Gasteiger partial charge is 0.312 e. The number of amides is 1. The van der Waals surface area contributed by atoms with E-state index in [0.717, 1.165) is 63.5 Å². The number of benzene rings is 2. The van der Waals surface area contributed by atoms with E-state index in [4.69, 9.17) is 0 Å². The van der Waals surface area contributed by atoms with Gasteiger partial charge in [-0.3, -0.25) is 9.69 Å². The Morgan fingerprint density at radius 3 is 2.39 bits per heavy atom. The Balaban J connectivity index is 1.28. The van der Waals surface area contributed by atoms with Crippen molar-refractivity contribution in [3.8, 4) is 0 Å². The van der Waals surface area contributed by atoms with E-state index in [1.807, 2.05) is 47.4 Å². The molecule has 2 aromatic rings. The van der Waals surface area contributed by atoms with Crippen molar-refractivity contribution in [1.29, 1.82) is 0 Å². The van der Waals surface area contributed by atoms with Crippen LogP contribution in [0.3, 0.4) is 0 Å². The normalized spacial score (nSPS) is 21.8. The van der Waals surface area contributed by atoms with E-state index in [2.05, 4.69) is 9.80 Å². The molecule has 0 aliphatic carbocycles. The van der Waals surface area contributed by atoms with Gasteiger partial charge in [-0.1, -0.05) is 30.3 Å². The molecule has 0 radical (unpaired) electrons. The molecule has 5 heteroatoms. The second-order valence-corrected chi connectivity index (χ2v) is 7.97. The molecule has 1 atom stereocenters. The number of nitrogens with zero attached hydrogens (tertiary/aromatic N) is 3. The van der Waals surface area contributed by atoms with Crippen LogP contribution in [-0.2, 0) is 11.3 Å². The van der Waals surface area contributed by atoms with Gasteiger partial charge in [0.25, 0.3) is 0 Å². The van der Waals surface area contributed by atoms with Crippen LogP contribution in [0, 0.1) is 11.7 Å². The minimum Gasteiger partial charge on any atom is -0.312 e. The maximum Gasteiger partial charge on any atom is 0.227 e. The van der Waals surface area contributed by atoms with Gasteiger partial charge in [0, 0.05) is 44.8 Å². The van der Waals surface area contributed by atoms with Gasteiger partial charge in [-0.25, -0.2) is 4.39 Å². The number of rotatable bonds is 5. The Labute approximate surface area is 166 Å². The molecule has 0 spiro atoms. The number of hydrogen-bond donors (Lipinski definition) is 0. The SMILES string of the molecule is O=C1CC(CN2CCCN(Cc3ccc(F)cc3)CC2)CN1c1ccccc1. The molecule has 4 rings (SSSR count). The lowest BCUT2D eigenvalue weighted by Gasteiger charge is -2.24. The third-order valence-corrected chi connectivity index (χ3v) is 5.79. The van der Waals surface area contributed by atoms with E-state index in [-0.39, 0.29) is 11.7 Å². The smallest absolute Gasteiger partial charge is 0.227 e. The van der Waals surface area contributed by atoms with Gasteiger partial charge in [0.1, 0.15) is 5.82 Å². The molecule has 2 aliphatic heterocycles. The van der Waals surface area contributed by atoms with Crippen LogP contribution in [0.25, 0.3) is 0 Å². The molecule has 2 aliphatic rings. The van der Waals surface area contributed by atoms with Crippen molar-refractivity contribution in [1.82, 2.24) is 9.80 Å². The molecule has 0 saturated carbocycles. The van der Waals surface area contributed by atoms with E-state index in [0.29, 0.717) is 12.3 Å². The second kappa shape index (κ2) is 8.84. The number of hydrogen-bond acceptors (Lipinski definition) is 3. The standard InChI is InChI=1S/C23H28FN3O/c24-21-9-7-19(8-10-21)16-25-11-4-12-26(14-13-25)17-20-15-23(28)27(18-20)22-5-2-1-3-6-22/h1-3,5-10,20H,4,11-18H2. The van der Waals surface area contributed by atoms with Crippen LogP contribution in [0.2, 0.25) is 0 Å². The highest BCUT2D eigenvalue weighted by molar-refractivity contribution is 5.95. The number of carbonyl (C=O) groups excluding carboxylic acids is 1. The summed E-state index contributed by atoms with van der Waals surface area (Å²) in [7, 11) is 0. The first-order chi connectivity index (χ1) is 13.7. The molecule has 1 unspecified atom stereocenters. The van der Waals surface area contributed by atoms with Gasteiger partial charge in [-0.2, -0.15) is 0 Å². The van der Waals surface area contributed by atoms with Gasteiger partial charge in [0.05, 0.1) is 0 Å². The van der Waals surface area contributed by atoms with E-state index < -0.39 is 0 Å². The zero-order valence-electron chi connectivity index (χ0n) is 16.3. The van der Waals surface area contributed by atoms with Gasteiger partial charge in [0.15, 0.2) is 0 Å². The molecule has 148 valence electrons. The lowest BCUT2D eigenvalue weighted by molar-refractivity contribution is -0.117. The monoisotopic (exact) mass is 381 g/mol. The summed E-state index contributed by atoms with van der Waals surface area (Å²) in [5.41, 5.74) is 2.17. The molecular weight excluding hydrogens is 353 g/mol. The Morgan fingerprint density at radius 1 is 0.893 bits per heavy atom. The highest BCUT2D eigenvalue weighted by Gasteiger charge is 2.32. The minimum absolute atomic E-state index is 0.179. The molecule has 28 heavy (non-hydrogen) atoms. The van der Waals surface area contributed by atoms with Crippen molar-refractivity contribution in [2.75, 3.05) is 44.2 Å². The summed E-state index contributed by atoms with van der Waals surface area (Å²) in [6.45, 7) is 6.86. The van der Waals surface area contributed by atoms with Crippen molar-refractivity contribution in [3.63, 3.8) is 0 Å². The van der Waals surface area contributed by atoms with Crippen LogP contribution in [0.4, 0.5) is 10.1 Å². The minimum atomic E-state index is -0.179. The summed E-state index contributed by atoms with van der Waals surface area (Å²) in [4.78, 5) is 19.3. The summed E-state index contributed by atoms with van der Waals surface area (Å²) in [5, 5.41) is 0. The van der Waals surface area contributed by atoms with Gasteiger partial charge >= 0.3 is 0 Å². The first-order valence-electron chi connectivity index (χ1n) is 10.2. The van der Waals surface area contributed by atoms with Gasteiger partial charge < -0.3 is 9.80 Å². The lowest BCUT2D eigenvalue weighted by Crippen LogP contribution is -2.34. The van der Waals surface area contributed by atoms with Crippen molar-refractivity contribution < 1.29 is 9.18 Å². The van der Waals surface area contributed by atoms with Crippen molar-refractivity contribution in [2.24, 2.45) is 5.92 Å².